The Bertz CT molecular complexity index is 393. The van der Waals surface area contributed by atoms with E-state index in [9.17, 15) is 0 Å². The zero-order valence-corrected chi connectivity index (χ0v) is 13.2. The van der Waals surface area contributed by atoms with E-state index in [-0.39, 0.29) is 0 Å². The summed E-state index contributed by atoms with van der Waals surface area (Å²) in [5.41, 5.74) is 1.18. The molecule has 0 spiro atoms. The molecule has 0 radical (unpaired) electrons. The van der Waals surface area contributed by atoms with Crippen LogP contribution in [0.3, 0.4) is 0 Å². The van der Waals surface area contributed by atoms with Crippen LogP contribution in [0.15, 0.2) is 18.2 Å². The van der Waals surface area contributed by atoms with Crippen LogP contribution in [0.25, 0.3) is 0 Å². The molecular formula is C16H27NO3. The first-order valence-electron chi connectivity index (χ1n) is 7.14. The van der Waals surface area contributed by atoms with Crippen LogP contribution in [0.2, 0.25) is 0 Å². The highest BCUT2D eigenvalue weighted by atomic mass is 16.5. The van der Waals surface area contributed by atoms with Gasteiger partial charge in [0.1, 0.15) is 0 Å². The van der Waals surface area contributed by atoms with Crippen molar-refractivity contribution in [2.24, 2.45) is 5.92 Å². The number of nitrogens with one attached hydrogen (secondary N) is 1. The minimum atomic E-state index is 0.345. The van der Waals surface area contributed by atoms with Crippen LogP contribution in [0.5, 0.6) is 11.5 Å². The van der Waals surface area contributed by atoms with Gasteiger partial charge in [-0.2, -0.15) is 0 Å². The van der Waals surface area contributed by atoms with Crippen molar-refractivity contribution in [3.8, 4) is 11.5 Å². The predicted octanol–water partition coefficient (Wildman–Crippen LogP) is 2.85. The molecule has 0 fully saturated rings. The Balaban J connectivity index is 2.69. The summed E-state index contributed by atoms with van der Waals surface area (Å²) in [6.45, 7) is 8.48. The molecule has 0 aliphatic heterocycles. The number of hydrogen-bond acceptors (Lipinski definition) is 4. The molecule has 0 saturated heterocycles. The Morgan fingerprint density at radius 3 is 2.45 bits per heavy atom. The van der Waals surface area contributed by atoms with Crippen molar-refractivity contribution in [3.05, 3.63) is 23.8 Å². The molecule has 0 heterocycles. The summed E-state index contributed by atoms with van der Waals surface area (Å²) >= 11 is 0. The Kier molecular flexibility index (Phi) is 7.41. The fourth-order valence-electron chi connectivity index (χ4n) is 2.01. The number of rotatable bonds is 9. The standard InChI is InChI=1S/C16H27NO3/c1-6-20-16-9-13(7-8-15(16)19-5)10-17-14(11-18-4)12(2)3/h7-9,12,14,17H,6,10-11H2,1-5H3. The van der Waals surface area contributed by atoms with Gasteiger partial charge in [-0.05, 0) is 30.5 Å². The zero-order chi connectivity index (χ0) is 15.0. The number of benzene rings is 1. The van der Waals surface area contributed by atoms with E-state index in [1.165, 1.54) is 5.56 Å². The second-order valence-corrected chi connectivity index (χ2v) is 5.10. The van der Waals surface area contributed by atoms with Crippen molar-refractivity contribution in [2.75, 3.05) is 27.4 Å². The van der Waals surface area contributed by atoms with Crippen molar-refractivity contribution in [1.82, 2.24) is 5.32 Å². The van der Waals surface area contributed by atoms with Crippen molar-refractivity contribution >= 4 is 0 Å². The summed E-state index contributed by atoms with van der Waals surface area (Å²) in [6, 6.07) is 6.37. The van der Waals surface area contributed by atoms with Gasteiger partial charge in [-0.3, -0.25) is 0 Å². The summed E-state index contributed by atoms with van der Waals surface area (Å²) in [6.07, 6.45) is 0. The van der Waals surface area contributed by atoms with Gasteiger partial charge in [0.25, 0.3) is 0 Å². The Morgan fingerprint density at radius 1 is 1.15 bits per heavy atom. The molecule has 4 nitrogen and oxygen atoms in total. The molecule has 1 atom stereocenters. The Hall–Kier alpha value is -1.26. The van der Waals surface area contributed by atoms with Gasteiger partial charge in [0.15, 0.2) is 11.5 Å². The van der Waals surface area contributed by atoms with E-state index in [4.69, 9.17) is 14.2 Å². The molecule has 1 rings (SSSR count). The van der Waals surface area contributed by atoms with Gasteiger partial charge in [0, 0.05) is 19.7 Å². The molecular weight excluding hydrogens is 254 g/mol. The van der Waals surface area contributed by atoms with Gasteiger partial charge in [-0.25, -0.2) is 0 Å². The summed E-state index contributed by atoms with van der Waals surface area (Å²) in [5.74, 6) is 2.09. The lowest BCUT2D eigenvalue weighted by Gasteiger charge is -2.22. The average Bonchev–Trinajstić information content (AvgIpc) is 2.43. The van der Waals surface area contributed by atoms with E-state index in [2.05, 4.69) is 25.2 Å². The number of hydrogen-bond donors (Lipinski definition) is 1. The van der Waals surface area contributed by atoms with Crippen molar-refractivity contribution < 1.29 is 14.2 Å². The normalized spacial score (nSPS) is 12.5. The summed E-state index contributed by atoms with van der Waals surface area (Å²) in [4.78, 5) is 0. The maximum absolute atomic E-state index is 5.59. The molecule has 4 heteroatoms. The second-order valence-electron chi connectivity index (χ2n) is 5.10. The van der Waals surface area contributed by atoms with E-state index in [1.807, 2.05) is 19.1 Å². The van der Waals surface area contributed by atoms with Crippen molar-refractivity contribution in [2.45, 2.75) is 33.4 Å². The van der Waals surface area contributed by atoms with E-state index >= 15 is 0 Å². The first kappa shape index (κ1) is 16.8. The van der Waals surface area contributed by atoms with E-state index in [1.54, 1.807) is 14.2 Å². The van der Waals surface area contributed by atoms with Crippen LogP contribution in [0.1, 0.15) is 26.3 Å². The largest absolute Gasteiger partial charge is 0.493 e. The maximum atomic E-state index is 5.59. The molecule has 20 heavy (non-hydrogen) atoms. The number of ether oxygens (including phenoxy) is 3. The van der Waals surface area contributed by atoms with E-state index in [0.717, 1.165) is 18.0 Å². The van der Waals surface area contributed by atoms with E-state index < -0.39 is 0 Å². The fourth-order valence-corrected chi connectivity index (χ4v) is 2.01. The summed E-state index contributed by atoms with van der Waals surface area (Å²) in [7, 11) is 3.39. The third-order valence-corrected chi connectivity index (χ3v) is 3.25. The molecule has 0 aliphatic rings. The lowest BCUT2D eigenvalue weighted by atomic mass is 10.0. The fraction of sp³-hybridized carbons (Fsp3) is 0.625. The topological polar surface area (TPSA) is 39.7 Å². The first-order chi connectivity index (χ1) is 9.62. The van der Waals surface area contributed by atoms with Crippen LogP contribution in [-0.4, -0.2) is 33.5 Å². The smallest absolute Gasteiger partial charge is 0.161 e. The predicted molar refractivity (Wildman–Crippen MR) is 81.5 cm³/mol. The molecule has 0 saturated carbocycles. The van der Waals surface area contributed by atoms with Gasteiger partial charge in [0.2, 0.25) is 0 Å². The third-order valence-electron chi connectivity index (χ3n) is 3.25. The summed E-state index contributed by atoms with van der Waals surface area (Å²) in [5, 5.41) is 3.52. The SMILES string of the molecule is CCOc1cc(CNC(COC)C(C)C)ccc1OC. The summed E-state index contributed by atoms with van der Waals surface area (Å²) < 4.78 is 16.1. The van der Waals surface area contributed by atoms with Crippen LogP contribution in [-0.2, 0) is 11.3 Å². The van der Waals surface area contributed by atoms with Gasteiger partial charge < -0.3 is 19.5 Å². The molecule has 1 aromatic rings. The highest BCUT2D eigenvalue weighted by Gasteiger charge is 2.13. The van der Waals surface area contributed by atoms with Gasteiger partial charge >= 0.3 is 0 Å². The maximum Gasteiger partial charge on any atom is 0.161 e. The lowest BCUT2D eigenvalue weighted by molar-refractivity contribution is 0.146. The molecule has 0 amide bonds. The molecule has 114 valence electrons. The molecule has 0 aliphatic carbocycles. The van der Waals surface area contributed by atoms with Gasteiger partial charge in [-0.1, -0.05) is 19.9 Å². The highest BCUT2D eigenvalue weighted by Crippen LogP contribution is 2.28. The minimum absolute atomic E-state index is 0.345. The zero-order valence-electron chi connectivity index (χ0n) is 13.2. The first-order valence-corrected chi connectivity index (χ1v) is 7.14. The van der Waals surface area contributed by atoms with E-state index in [0.29, 0.717) is 25.2 Å². The Morgan fingerprint density at radius 2 is 1.90 bits per heavy atom. The molecule has 1 aromatic carbocycles. The molecule has 0 aromatic heterocycles. The van der Waals surface area contributed by atoms with Crippen LogP contribution in [0.4, 0.5) is 0 Å². The van der Waals surface area contributed by atoms with Crippen LogP contribution >= 0.6 is 0 Å². The second kappa shape index (κ2) is 8.82. The Labute approximate surface area is 122 Å². The van der Waals surface area contributed by atoms with Crippen molar-refractivity contribution in [1.29, 1.82) is 0 Å². The minimum Gasteiger partial charge on any atom is -0.493 e. The highest BCUT2D eigenvalue weighted by molar-refractivity contribution is 5.42. The lowest BCUT2D eigenvalue weighted by Crippen LogP contribution is -2.37. The monoisotopic (exact) mass is 281 g/mol. The van der Waals surface area contributed by atoms with Gasteiger partial charge in [0.05, 0.1) is 20.3 Å². The third kappa shape index (κ3) is 5.02. The average molecular weight is 281 g/mol. The van der Waals surface area contributed by atoms with Crippen LogP contribution < -0.4 is 14.8 Å². The molecule has 1 N–H and O–H groups in total. The quantitative estimate of drug-likeness (QED) is 0.755. The molecule has 0 bridgehead atoms. The molecule has 1 unspecified atom stereocenters. The van der Waals surface area contributed by atoms with Gasteiger partial charge in [-0.15, -0.1) is 0 Å². The number of methoxy groups -OCH3 is 2. The van der Waals surface area contributed by atoms with Crippen LogP contribution in [0, 0.1) is 5.92 Å². The van der Waals surface area contributed by atoms with Crippen molar-refractivity contribution in [3.63, 3.8) is 0 Å².